The molecule has 104 valence electrons. The zero-order valence-electron chi connectivity index (χ0n) is 12.0. The molecule has 0 aliphatic carbocycles. The van der Waals surface area contributed by atoms with Crippen LogP contribution >= 0.6 is 0 Å². The smallest absolute Gasteiger partial charge is 0.320 e. The average molecular weight is 261 g/mol. The third-order valence-corrected chi connectivity index (χ3v) is 3.83. The van der Waals surface area contributed by atoms with E-state index >= 15 is 0 Å². The van der Waals surface area contributed by atoms with Gasteiger partial charge in [-0.3, -0.25) is 0 Å². The summed E-state index contributed by atoms with van der Waals surface area (Å²) in [4.78, 5) is 16.0. The van der Waals surface area contributed by atoms with Crippen LogP contribution < -0.4 is 5.73 Å². The predicted octanol–water partition coefficient (Wildman–Crippen LogP) is 2.00. The molecule has 0 radical (unpaired) electrons. The van der Waals surface area contributed by atoms with Crippen molar-refractivity contribution in [1.29, 1.82) is 0 Å². The molecule has 2 N–H and O–H groups in total. The third-order valence-electron chi connectivity index (χ3n) is 3.83. The van der Waals surface area contributed by atoms with E-state index in [1.807, 2.05) is 16.8 Å². The van der Waals surface area contributed by atoms with Crippen molar-refractivity contribution in [3.63, 3.8) is 0 Å². The summed E-state index contributed by atoms with van der Waals surface area (Å²) in [5.41, 5.74) is 8.08. The normalized spacial score (nSPS) is 21.1. The average Bonchev–Trinajstić information content (AvgIpc) is 2.68. The van der Waals surface area contributed by atoms with Gasteiger partial charge in [-0.1, -0.05) is 36.8 Å². The number of benzene rings is 1. The number of hydrogen-bond acceptors (Lipinski definition) is 2. The van der Waals surface area contributed by atoms with Crippen molar-refractivity contribution in [2.45, 2.75) is 19.9 Å². The van der Waals surface area contributed by atoms with Gasteiger partial charge in [0.25, 0.3) is 0 Å². The summed E-state index contributed by atoms with van der Waals surface area (Å²) >= 11 is 0. The van der Waals surface area contributed by atoms with Crippen LogP contribution in [0.25, 0.3) is 0 Å². The van der Waals surface area contributed by atoms with Crippen molar-refractivity contribution in [1.82, 2.24) is 9.80 Å². The first-order valence-electron chi connectivity index (χ1n) is 6.81. The first-order chi connectivity index (χ1) is 9.02. The summed E-state index contributed by atoms with van der Waals surface area (Å²) in [7, 11) is 1.87. The van der Waals surface area contributed by atoms with Gasteiger partial charge < -0.3 is 15.5 Å². The largest absolute Gasteiger partial charge is 0.330 e. The zero-order chi connectivity index (χ0) is 14.0. The van der Waals surface area contributed by atoms with Crippen LogP contribution in [0.1, 0.15) is 24.1 Å². The van der Waals surface area contributed by atoms with E-state index < -0.39 is 0 Å². The zero-order valence-corrected chi connectivity index (χ0v) is 12.0. The van der Waals surface area contributed by atoms with Gasteiger partial charge >= 0.3 is 6.03 Å². The summed E-state index contributed by atoms with van der Waals surface area (Å²) in [5, 5.41) is 0. The number of carbonyl (C=O) groups excluding carboxylic acids is 1. The van der Waals surface area contributed by atoms with Crippen LogP contribution in [-0.4, -0.2) is 42.5 Å². The summed E-state index contributed by atoms with van der Waals surface area (Å²) in [6.45, 7) is 6.25. The van der Waals surface area contributed by atoms with Gasteiger partial charge in [-0.15, -0.1) is 0 Å². The molecule has 1 aliphatic rings. The summed E-state index contributed by atoms with van der Waals surface area (Å²) in [6, 6.07) is 8.67. The summed E-state index contributed by atoms with van der Waals surface area (Å²) < 4.78 is 0. The van der Waals surface area contributed by atoms with Gasteiger partial charge in [0.05, 0.1) is 6.04 Å². The van der Waals surface area contributed by atoms with E-state index in [2.05, 4.69) is 38.1 Å². The minimum atomic E-state index is 0.103. The fourth-order valence-corrected chi connectivity index (χ4v) is 2.49. The molecule has 2 unspecified atom stereocenters. The van der Waals surface area contributed by atoms with Crippen molar-refractivity contribution >= 4 is 6.03 Å². The minimum Gasteiger partial charge on any atom is -0.330 e. The molecule has 4 heteroatoms. The van der Waals surface area contributed by atoms with E-state index in [0.29, 0.717) is 12.5 Å². The van der Waals surface area contributed by atoms with Crippen molar-refractivity contribution in [3.8, 4) is 0 Å². The molecule has 0 bridgehead atoms. The van der Waals surface area contributed by atoms with Crippen LogP contribution in [0.3, 0.4) is 0 Å². The van der Waals surface area contributed by atoms with E-state index in [0.717, 1.165) is 13.1 Å². The van der Waals surface area contributed by atoms with Gasteiger partial charge in [-0.05, 0) is 24.9 Å². The highest BCUT2D eigenvalue weighted by Crippen LogP contribution is 2.28. The van der Waals surface area contributed by atoms with Crippen LogP contribution in [0.5, 0.6) is 0 Å². The molecule has 1 fully saturated rings. The number of carbonyl (C=O) groups is 1. The molecule has 2 amide bonds. The Morgan fingerprint density at radius 1 is 1.37 bits per heavy atom. The van der Waals surface area contributed by atoms with Crippen molar-refractivity contribution in [2.24, 2.45) is 11.7 Å². The second-order valence-corrected chi connectivity index (χ2v) is 5.57. The van der Waals surface area contributed by atoms with Crippen molar-refractivity contribution in [3.05, 3.63) is 35.4 Å². The molecular formula is C15H23N3O. The maximum absolute atomic E-state index is 12.2. The topological polar surface area (TPSA) is 49.6 Å². The molecular weight excluding hydrogens is 238 g/mol. The number of likely N-dealkylation sites (N-methyl/N-ethyl adjacent to an activating group) is 1. The molecule has 1 aromatic rings. The number of amides is 2. The Labute approximate surface area is 115 Å². The highest BCUT2D eigenvalue weighted by molar-refractivity contribution is 5.77. The van der Waals surface area contributed by atoms with Crippen LogP contribution in [0.15, 0.2) is 24.3 Å². The van der Waals surface area contributed by atoms with Crippen LogP contribution in [0, 0.1) is 12.8 Å². The minimum absolute atomic E-state index is 0.103. The molecule has 19 heavy (non-hydrogen) atoms. The van der Waals surface area contributed by atoms with Gasteiger partial charge in [0.2, 0.25) is 0 Å². The summed E-state index contributed by atoms with van der Waals surface area (Å²) in [5.74, 6) is 0.342. The lowest BCUT2D eigenvalue weighted by atomic mass is 10.0. The van der Waals surface area contributed by atoms with Crippen LogP contribution in [-0.2, 0) is 0 Å². The number of urea groups is 1. The number of hydrogen-bond donors (Lipinski definition) is 1. The maximum atomic E-state index is 12.2. The lowest BCUT2D eigenvalue weighted by molar-refractivity contribution is 0.191. The number of nitrogens with zero attached hydrogens (tertiary/aromatic N) is 2. The molecule has 4 nitrogen and oxygen atoms in total. The SMILES string of the molecule is Cc1ccc(C2CN(CC(C)CN)C(=O)N2C)cc1. The van der Waals surface area contributed by atoms with Crippen LogP contribution in [0.4, 0.5) is 4.79 Å². The second-order valence-electron chi connectivity index (χ2n) is 5.57. The standard InChI is InChI=1S/C15H23N3O/c1-11-4-6-13(7-5-11)14-10-18(9-12(2)8-16)15(19)17(14)3/h4-7,12,14H,8-10,16H2,1-3H3. The Hall–Kier alpha value is -1.55. The molecule has 1 heterocycles. The fraction of sp³-hybridized carbons (Fsp3) is 0.533. The van der Waals surface area contributed by atoms with Gasteiger partial charge in [0.15, 0.2) is 0 Å². The first-order valence-corrected chi connectivity index (χ1v) is 6.81. The Kier molecular flexibility index (Phi) is 4.10. The Bertz CT molecular complexity index is 443. The maximum Gasteiger partial charge on any atom is 0.320 e. The predicted molar refractivity (Wildman–Crippen MR) is 76.9 cm³/mol. The number of nitrogens with two attached hydrogens (primary N) is 1. The van der Waals surface area contributed by atoms with E-state index in [9.17, 15) is 4.79 Å². The Morgan fingerprint density at radius 3 is 2.58 bits per heavy atom. The lowest BCUT2D eigenvalue weighted by Crippen LogP contribution is -2.34. The molecule has 1 aliphatic heterocycles. The van der Waals surface area contributed by atoms with Gasteiger partial charge in [0, 0.05) is 20.1 Å². The number of aryl methyl sites for hydroxylation is 1. The quantitative estimate of drug-likeness (QED) is 0.901. The Morgan fingerprint density at radius 2 is 2.00 bits per heavy atom. The molecule has 0 spiro atoms. The monoisotopic (exact) mass is 261 g/mol. The molecule has 0 saturated carbocycles. The van der Waals surface area contributed by atoms with Gasteiger partial charge in [0.1, 0.15) is 0 Å². The molecule has 1 saturated heterocycles. The van der Waals surface area contributed by atoms with Crippen LogP contribution in [0.2, 0.25) is 0 Å². The first kappa shape index (κ1) is 13.9. The Balaban J connectivity index is 2.11. The lowest BCUT2D eigenvalue weighted by Gasteiger charge is -2.19. The molecule has 0 aromatic heterocycles. The second kappa shape index (κ2) is 5.61. The molecule has 1 aromatic carbocycles. The van der Waals surface area contributed by atoms with Crippen molar-refractivity contribution in [2.75, 3.05) is 26.7 Å². The number of rotatable bonds is 4. The van der Waals surface area contributed by atoms with Gasteiger partial charge in [-0.2, -0.15) is 0 Å². The highest BCUT2D eigenvalue weighted by Gasteiger charge is 2.35. The van der Waals surface area contributed by atoms with E-state index in [-0.39, 0.29) is 12.1 Å². The van der Waals surface area contributed by atoms with Crippen molar-refractivity contribution < 1.29 is 4.79 Å². The molecule has 2 rings (SSSR count). The van der Waals surface area contributed by atoms with E-state index in [1.165, 1.54) is 11.1 Å². The fourth-order valence-electron chi connectivity index (χ4n) is 2.49. The third kappa shape index (κ3) is 2.89. The molecule has 2 atom stereocenters. The van der Waals surface area contributed by atoms with E-state index in [1.54, 1.807) is 0 Å². The summed E-state index contributed by atoms with van der Waals surface area (Å²) in [6.07, 6.45) is 0. The van der Waals surface area contributed by atoms with Gasteiger partial charge in [-0.25, -0.2) is 4.79 Å². The van der Waals surface area contributed by atoms with E-state index in [4.69, 9.17) is 5.73 Å². The highest BCUT2D eigenvalue weighted by atomic mass is 16.2.